The molecule has 0 aliphatic heterocycles. The zero-order chi connectivity index (χ0) is 20.5. The van der Waals surface area contributed by atoms with Gasteiger partial charge in [-0.15, -0.1) is 0 Å². The smallest absolute Gasteiger partial charge is 0.322 e. The Morgan fingerprint density at radius 3 is 1.96 bits per heavy atom. The zero-order valence-electron chi connectivity index (χ0n) is 15.7. The van der Waals surface area contributed by atoms with Crippen LogP contribution in [-0.4, -0.2) is 53.5 Å². The SMILES string of the molecule is CN(C(=O)[C@@H](N)Cc1ccccc1)[C@@H](Cc1ccccc1)C(=O)NCC(=O)O. The second-order valence-electron chi connectivity index (χ2n) is 6.56. The second kappa shape index (κ2) is 10.2. The second-order valence-corrected chi connectivity index (χ2v) is 6.56. The predicted octanol–water partition coefficient (Wildman–Crippen LogP) is 0.827. The Hall–Kier alpha value is -3.19. The van der Waals surface area contributed by atoms with Crippen molar-refractivity contribution < 1.29 is 19.5 Å². The number of rotatable bonds is 9. The molecule has 2 aromatic carbocycles. The van der Waals surface area contributed by atoms with Gasteiger partial charge in [0, 0.05) is 13.5 Å². The van der Waals surface area contributed by atoms with E-state index in [-0.39, 0.29) is 12.3 Å². The molecule has 2 aromatic rings. The number of hydrogen-bond acceptors (Lipinski definition) is 4. The molecule has 0 aliphatic carbocycles. The number of benzene rings is 2. The lowest BCUT2D eigenvalue weighted by molar-refractivity contribution is -0.141. The lowest BCUT2D eigenvalue weighted by Crippen LogP contribution is -2.54. The highest BCUT2D eigenvalue weighted by Crippen LogP contribution is 2.11. The van der Waals surface area contributed by atoms with Gasteiger partial charge in [0.2, 0.25) is 11.8 Å². The average molecular weight is 383 g/mol. The Morgan fingerprint density at radius 2 is 1.46 bits per heavy atom. The van der Waals surface area contributed by atoms with E-state index in [4.69, 9.17) is 10.8 Å². The van der Waals surface area contributed by atoms with Gasteiger partial charge in [-0.2, -0.15) is 0 Å². The van der Waals surface area contributed by atoms with Gasteiger partial charge in [-0.05, 0) is 17.5 Å². The first-order chi connectivity index (χ1) is 13.4. The van der Waals surface area contributed by atoms with Crippen LogP contribution in [0.1, 0.15) is 11.1 Å². The fourth-order valence-corrected chi connectivity index (χ4v) is 2.89. The molecule has 0 bridgehead atoms. The third-order valence-corrected chi connectivity index (χ3v) is 4.42. The molecular weight excluding hydrogens is 358 g/mol. The third-order valence-electron chi connectivity index (χ3n) is 4.42. The number of likely N-dealkylation sites (N-methyl/N-ethyl adjacent to an activating group) is 1. The fraction of sp³-hybridized carbons (Fsp3) is 0.286. The first-order valence-corrected chi connectivity index (χ1v) is 8.98. The maximum atomic E-state index is 12.8. The Morgan fingerprint density at radius 1 is 0.964 bits per heavy atom. The normalized spacial score (nSPS) is 12.6. The number of aliphatic carboxylic acids is 1. The lowest BCUT2D eigenvalue weighted by atomic mass is 10.0. The van der Waals surface area contributed by atoms with Gasteiger partial charge in [0.15, 0.2) is 0 Å². The predicted molar refractivity (Wildman–Crippen MR) is 105 cm³/mol. The van der Waals surface area contributed by atoms with Gasteiger partial charge >= 0.3 is 5.97 Å². The van der Waals surface area contributed by atoms with Crippen molar-refractivity contribution in [1.29, 1.82) is 0 Å². The molecule has 0 saturated heterocycles. The van der Waals surface area contributed by atoms with Crippen molar-refractivity contribution >= 4 is 17.8 Å². The molecular formula is C21H25N3O4. The van der Waals surface area contributed by atoms with Gasteiger partial charge in [0.1, 0.15) is 12.6 Å². The molecule has 0 spiro atoms. The van der Waals surface area contributed by atoms with E-state index in [1.165, 1.54) is 11.9 Å². The quantitative estimate of drug-likeness (QED) is 0.594. The summed E-state index contributed by atoms with van der Waals surface area (Å²) >= 11 is 0. The van der Waals surface area contributed by atoms with Gasteiger partial charge in [-0.1, -0.05) is 60.7 Å². The van der Waals surface area contributed by atoms with Gasteiger partial charge < -0.3 is 21.1 Å². The minimum Gasteiger partial charge on any atom is -0.480 e. The molecule has 148 valence electrons. The van der Waals surface area contributed by atoms with E-state index >= 15 is 0 Å². The molecule has 0 aliphatic rings. The van der Waals surface area contributed by atoms with E-state index in [2.05, 4.69) is 5.32 Å². The molecule has 2 amide bonds. The number of carbonyl (C=O) groups is 3. The number of carboxylic acids is 1. The summed E-state index contributed by atoms with van der Waals surface area (Å²) in [6.45, 7) is -0.512. The number of carbonyl (C=O) groups excluding carboxylic acids is 2. The molecule has 4 N–H and O–H groups in total. The molecule has 28 heavy (non-hydrogen) atoms. The Balaban J connectivity index is 2.13. The van der Waals surface area contributed by atoms with Crippen molar-refractivity contribution in [3.8, 4) is 0 Å². The Bertz CT molecular complexity index is 796. The molecule has 0 heterocycles. The van der Waals surface area contributed by atoms with Crippen LogP contribution in [0.5, 0.6) is 0 Å². The summed E-state index contributed by atoms with van der Waals surface area (Å²) in [7, 11) is 1.52. The number of carboxylic acid groups (broad SMARTS) is 1. The van der Waals surface area contributed by atoms with Crippen LogP contribution in [0.15, 0.2) is 60.7 Å². The molecule has 0 saturated carbocycles. The molecule has 2 rings (SSSR count). The van der Waals surface area contributed by atoms with E-state index in [0.29, 0.717) is 6.42 Å². The maximum Gasteiger partial charge on any atom is 0.322 e. The number of nitrogens with one attached hydrogen (secondary N) is 1. The molecule has 0 fully saturated rings. The van der Waals surface area contributed by atoms with E-state index < -0.39 is 30.5 Å². The highest BCUT2D eigenvalue weighted by Gasteiger charge is 2.30. The molecule has 0 aromatic heterocycles. The first kappa shape index (κ1) is 21.1. The van der Waals surface area contributed by atoms with Crippen LogP contribution >= 0.6 is 0 Å². The van der Waals surface area contributed by atoms with Crippen LogP contribution in [0, 0.1) is 0 Å². The summed E-state index contributed by atoms with van der Waals surface area (Å²) < 4.78 is 0. The number of nitrogens with two attached hydrogens (primary N) is 1. The van der Waals surface area contributed by atoms with Crippen LogP contribution in [0.4, 0.5) is 0 Å². The lowest BCUT2D eigenvalue weighted by Gasteiger charge is -2.29. The van der Waals surface area contributed by atoms with Crippen molar-refractivity contribution in [2.75, 3.05) is 13.6 Å². The molecule has 0 radical (unpaired) electrons. The average Bonchev–Trinajstić information content (AvgIpc) is 2.70. The monoisotopic (exact) mass is 383 g/mol. The van der Waals surface area contributed by atoms with E-state index in [9.17, 15) is 14.4 Å². The number of hydrogen-bond donors (Lipinski definition) is 3. The van der Waals surface area contributed by atoms with E-state index in [1.54, 1.807) is 0 Å². The number of amides is 2. The summed E-state index contributed by atoms with van der Waals surface area (Å²) in [5.74, 6) is -2.06. The summed E-state index contributed by atoms with van der Waals surface area (Å²) in [5.41, 5.74) is 7.87. The van der Waals surface area contributed by atoms with Crippen molar-refractivity contribution in [3.63, 3.8) is 0 Å². The largest absolute Gasteiger partial charge is 0.480 e. The van der Waals surface area contributed by atoms with E-state index in [0.717, 1.165) is 11.1 Å². The Labute approximate surface area is 164 Å². The zero-order valence-corrected chi connectivity index (χ0v) is 15.7. The molecule has 2 atom stereocenters. The van der Waals surface area contributed by atoms with Gasteiger partial charge in [-0.25, -0.2) is 0 Å². The van der Waals surface area contributed by atoms with Crippen LogP contribution < -0.4 is 11.1 Å². The summed E-state index contributed by atoms with van der Waals surface area (Å²) in [5, 5.41) is 11.2. The highest BCUT2D eigenvalue weighted by atomic mass is 16.4. The third kappa shape index (κ3) is 6.21. The highest BCUT2D eigenvalue weighted by molar-refractivity contribution is 5.91. The van der Waals surface area contributed by atoms with Crippen molar-refractivity contribution in [3.05, 3.63) is 71.8 Å². The standard InChI is InChI=1S/C21H25N3O4/c1-24(21(28)17(22)12-15-8-4-2-5-9-15)18(20(27)23-14-19(25)26)13-16-10-6-3-7-11-16/h2-11,17-18H,12-14,22H2,1H3,(H,23,27)(H,25,26)/t17-,18-/m0/s1. The molecule has 7 nitrogen and oxygen atoms in total. The summed E-state index contributed by atoms with van der Waals surface area (Å²) in [4.78, 5) is 37.5. The number of nitrogens with zero attached hydrogens (tertiary/aromatic N) is 1. The Kier molecular flexibility index (Phi) is 7.71. The van der Waals surface area contributed by atoms with Gasteiger partial charge in [0.25, 0.3) is 0 Å². The van der Waals surface area contributed by atoms with Crippen LogP contribution in [0.3, 0.4) is 0 Å². The minimum absolute atomic E-state index is 0.257. The van der Waals surface area contributed by atoms with Crippen molar-refractivity contribution in [2.45, 2.75) is 24.9 Å². The van der Waals surface area contributed by atoms with Crippen LogP contribution in [0.2, 0.25) is 0 Å². The molecule has 7 heteroatoms. The van der Waals surface area contributed by atoms with Crippen LogP contribution in [-0.2, 0) is 27.2 Å². The van der Waals surface area contributed by atoms with Gasteiger partial charge in [0.05, 0.1) is 6.04 Å². The molecule has 0 unspecified atom stereocenters. The summed E-state index contributed by atoms with van der Waals surface area (Å²) in [6, 6.07) is 16.9. The fourth-order valence-electron chi connectivity index (χ4n) is 2.89. The van der Waals surface area contributed by atoms with Crippen molar-refractivity contribution in [1.82, 2.24) is 10.2 Å². The van der Waals surface area contributed by atoms with Crippen molar-refractivity contribution in [2.24, 2.45) is 5.73 Å². The van der Waals surface area contributed by atoms with Crippen LogP contribution in [0.25, 0.3) is 0 Å². The minimum atomic E-state index is -1.15. The summed E-state index contributed by atoms with van der Waals surface area (Å²) in [6.07, 6.45) is 0.603. The maximum absolute atomic E-state index is 12.8. The topological polar surface area (TPSA) is 113 Å². The van der Waals surface area contributed by atoms with E-state index in [1.807, 2.05) is 60.7 Å². The van der Waals surface area contributed by atoms with Gasteiger partial charge in [-0.3, -0.25) is 14.4 Å². The first-order valence-electron chi connectivity index (χ1n) is 8.98.